The van der Waals surface area contributed by atoms with E-state index < -0.39 is 23.3 Å². The third-order valence-corrected chi connectivity index (χ3v) is 4.54. The van der Waals surface area contributed by atoms with Crippen molar-refractivity contribution < 1.29 is 13.5 Å². The first kappa shape index (κ1) is 18.5. The number of rotatable bonds is 8. The lowest BCUT2D eigenvalue weighted by molar-refractivity contribution is -0.0744. The van der Waals surface area contributed by atoms with Crippen LogP contribution in [0.3, 0.4) is 0 Å². The van der Waals surface area contributed by atoms with Crippen LogP contribution in [0.1, 0.15) is 52.1 Å². The van der Waals surface area contributed by atoms with E-state index in [9.17, 15) is 8.78 Å². The van der Waals surface area contributed by atoms with Crippen molar-refractivity contribution in [2.24, 2.45) is 0 Å². The predicted octanol–water partition coefficient (Wildman–Crippen LogP) is 4.97. The third kappa shape index (κ3) is 3.82. The standard InChI is InChI=1S/C16H24BrF2NO/c1-5-16(6-2,21-8-4)15(20-7-3)13-12(18)10-9-11(17)14(13)19/h9-10,15,20H,5-8H2,1-4H3. The second-order valence-corrected chi connectivity index (χ2v) is 5.81. The van der Waals surface area contributed by atoms with E-state index in [4.69, 9.17) is 4.74 Å². The normalized spacial score (nSPS) is 13.5. The maximum absolute atomic E-state index is 14.5. The highest BCUT2D eigenvalue weighted by Crippen LogP contribution is 2.39. The zero-order chi connectivity index (χ0) is 16.0. The molecule has 5 heteroatoms. The molecule has 1 aromatic rings. The minimum Gasteiger partial charge on any atom is -0.373 e. The van der Waals surface area contributed by atoms with Crippen molar-refractivity contribution >= 4 is 15.9 Å². The van der Waals surface area contributed by atoms with Gasteiger partial charge >= 0.3 is 0 Å². The first-order chi connectivity index (χ1) is 9.97. The smallest absolute Gasteiger partial charge is 0.145 e. The van der Waals surface area contributed by atoms with Crippen LogP contribution in [0.4, 0.5) is 8.78 Å². The fourth-order valence-corrected chi connectivity index (χ4v) is 3.14. The van der Waals surface area contributed by atoms with Crippen LogP contribution in [0.5, 0.6) is 0 Å². The molecule has 0 heterocycles. The summed E-state index contributed by atoms with van der Waals surface area (Å²) in [6, 6.07) is 2.14. The Morgan fingerprint density at radius 2 is 1.81 bits per heavy atom. The van der Waals surface area contributed by atoms with Crippen LogP contribution in [0.2, 0.25) is 0 Å². The summed E-state index contributed by atoms with van der Waals surface area (Å²) in [5.41, 5.74) is -0.587. The lowest BCUT2D eigenvalue weighted by atomic mass is 9.83. The molecule has 0 aliphatic heterocycles. The van der Waals surface area contributed by atoms with Gasteiger partial charge in [-0.2, -0.15) is 0 Å². The maximum atomic E-state index is 14.5. The predicted molar refractivity (Wildman–Crippen MR) is 85.4 cm³/mol. The maximum Gasteiger partial charge on any atom is 0.145 e. The highest BCUT2D eigenvalue weighted by atomic mass is 79.9. The van der Waals surface area contributed by atoms with E-state index in [-0.39, 0.29) is 10.0 Å². The van der Waals surface area contributed by atoms with E-state index in [0.29, 0.717) is 26.0 Å². The van der Waals surface area contributed by atoms with Gasteiger partial charge in [-0.25, -0.2) is 8.78 Å². The lowest BCUT2D eigenvalue weighted by Crippen LogP contribution is -2.46. The third-order valence-electron chi connectivity index (χ3n) is 3.93. The van der Waals surface area contributed by atoms with Crippen LogP contribution >= 0.6 is 15.9 Å². The van der Waals surface area contributed by atoms with E-state index in [1.165, 1.54) is 12.1 Å². The minimum absolute atomic E-state index is 0.0448. The van der Waals surface area contributed by atoms with Crippen LogP contribution < -0.4 is 5.32 Å². The summed E-state index contributed by atoms with van der Waals surface area (Å²) in [7, 11) is 0. The Kier molecular flexibility index (Phi) is 7.24. The molecule has 0 saturated heterocycles. The Hall–Kier alpha value is -0.520. The van der Waals surface area contributed by atoms with Crippen LogP contribution in [0.25, 0.3) is 0 Å². The first-order valence-corrected chi connectivity index (χ1v) is 8.27. The SMILES string of the molecule is CCNC(c1c(F)ccc(Br)c1F)C(CC)(CC)OCC. The molecule has 0 bridgehead atoms. The molecular weight excluding hydrogens is 340 g/mol. The Labute approximate surface area is 134 Å². The number of hydrogen-bond acceptors (Lipinski definition) is 2. The molecule has 0 aliphatic rings. The molecule has 0 radical (unpaired) electrons. The van der Waals surface area contributed by atoms with Crippen molar-refractivity contribution in [1.29, 1.82) is 0 Å². The van der Waals surface area contributed by atoms with Gasteiger partial charge in [0.1, 0.15) is 11.6 Å². The highest BCUT2D eigenvalue weighted by molar-refractivity contribution is 9.10. The molecule has 2 nitrogen and oxygen atoms in total. The molecule has 1 atom stereocenters. The fourth-order valence-electron chi connectivity index (χ4n) is 2.80. The molecule has 21 heavy (non-hydrogen) atoms. The van der Waals surface area contributed by atoms with Crippen LogP contribution in [0.15, 0.2) is 16.6 Å². The average Bonchev–Trinajstić information content (AvgIpc) is 2.48. The summed E-state index contributed by atoms with van der Waals surface area (Å²) < 4.78 is 35.0. The molecule has 1 aromatic carbocycles. The minimum atomic E-state index is -0.632. The first-order valence-electron chi connectivity index (χ1n) is 7.48. The summed E-state index contributed by atoms with van der Waals surface area (Å²) in [5, 5.41) is 3.21. The molecule has 0 fully saturated rings. The van der Waals surface area contributed by atoms with Gasteiger partial charge in [-0.1, -0.05) is 20.8 Å². The van der Waals surface area contributed by atoms with E-state index in [2.05, 4.69) is 21.2 Å². The molecular formula is C16H24BrF2NO. The van der Waals surface area contributed by atoms with Crippen LogP contribution in [-0.4, -0.2) is 18.8 Å². The number of halogens is 3. The summed E-state index contributed by atoms with van der Waals surface area (Å²) >= 11 is 3.14. The van der Waals surface area contributed by atoms with Gasteiger partial charge in [0, 0.05) is 12.2 Å². The van der Waals surface area contributed by atoms with Gasteiger partial charge in [-0.15, -0.1) is 0 Å². The second-order valence-electron chi connectivity index (χ2n) is 4.95. The molecule has 1 N–H and O–H groups in total. The molecule has 0 amide bonds. The molecule has 1 unspecified atom stereocenters. The molecule has 0 aliphatic carbocycles. The van der Waals surface area contributed by atoms with Crippen molar-refractivity contribution in [3.8, 4) is 0 Å². The molecule has 0 spiro atoms. The van der Waals surface area contributed by atoms with Gasteiger partial charge in [0.15, 0.2) is 0 Å². The number of ether oxygens (including phenoxy) is 1. The van der Waals surface area contributed by atoms with Gasteiger partial charge in [-0.3, -0.25) is 0 Å². The Balaban J connectivity index is 3.44. The monoisotopic (exact) mass is 363 g/mol. The number of hydrogen-bond donors (Lipinski definition) is 1. The topological polar surface area (TPSA) is 21.3 Å². The van der Waals surface area contributed by atoms with E-state index in [0.717, 1.165) is 0 Å². The number of benzene rings is 1. The zero-order valence-corrected chi connectivity index (χ0v) is 14.7. The van der Waals surface area contributed by atoms with Crippen molar-refractivity contribution in [2.75, 3.05) is 13.2 Å². The highest BCUT2D eigenvalue weighted by Gasteiger charge is 2.40. The number of nitrogens with one attached hydrogen (secondary N) is 1. The van der Waals surface area contributed by atoms with Crippen LogP contribution in [-0.2, 0) is 4.74 Å². The van der Waals surface area contributed by atoms with E-state index >= 15 is 0 Å². The van der Waals surface area contributed by atoms with Gasteiger partial charge < -0.3 is 10.1 Å². The summed E-state index contributed by atoms with van der Waals surface area (Å²) in [6.07, 6.45) is 1.33. The number of likely N-dealkylation sites (N-methyl/N-ethyl adjacent to an activating group) is 1. The largest absolute Gasteiger partial charge is 0.373 e. The van der Waals surface area contributed by atoms with Crippen molar-refractivity contribution in [1.82, 2.24) is 5.32 Å². The Morgan fingerprint density at radius 1 is 1.19 bits per heavy atom. The van der Waals surface area contributed by atoms with Crippen molar-refractivity contribution in [3.05, 3.63) is 33.8 Å². The quantitative estimate of drug-likeness (QED) is 0.658. The summed E-state index contributed by atoms with van der Waals surface area (Å²) in [5.74, 6) is -1.11. The second kappa shape index (κ2) is 8.20. The van der Waals surface area contributed by atoms with Gasteiger partial charge in [0.05, 0.1) is 16.1 Å². The summed E-state index contributed by atoms with van der Waals surface area (Å²) in [4.78, 5) is 0. The van der Waals surface area contributed by atoms with Crippen molar-refractivity contribution in [3.63, 3.8) is 0 Å². The van der Waals surface area contributed by atoms with E-state index in [1.54, 1.807) is 0 Å². The van der Waals surface area contributed by atoms with Gasteiger partial charge in [0.2, 0.25) is 0 Å². The fraction of sp³-hybridized carbons (Fsp3) is 0.625. The van der Waals surface area contributed by atoms with Gasteiger partial charge in [-0.05, 0) is 54.4 Å². The Bertz CT molecular complexity index is 464. The van der Waals surface area contributed by atoms with E-state index in [1.807, 2.05) is 27.7 Å². The van der Waals surface area contributed by atoms with Crippen molar-refractivity contribution in [2.45, 2.75) is 52.2 Å². The summed E-state index contributed by atoms with van der Waals surface area (Å²) in [6.45, 7) is 8.89. The van der Waals surface area contributed by atoms with Crippen LogP contribution in [0, 0.1) is 11.6 Å². The lowest BCUT2D eigenvalue weighted by Gasteiger charge is -2.40. The zero-order valence-electron chi connectivity index (χ0n) is 13.1. The molecule has 120 valence electrons. The average molecular weight is 364 g/mol. The van der Waals surface area contributed by atoms with Gasteiger partial charge in [0.25, 0.3) is 0 Å². The molecule has 0 aromatic heterocycles. The molecule has 0 saturated carbocycles. The molecule has 1 rings (SSSR count). The Morgan fingerprint density at radius 3 is 2.29 bits per heavy atom.